The van der Waals surface area contributed by atoms with E-state index in [1.165, 1.54) is 37.7 Å². The van der Waals surface area contributed by atoms with Crippen molar-refractivity contribution >= 4 is 0 Å². The van der Waals surface area contributed by atoms with Crippen molar-refractivity contribution in [1.29, 1.82) is 0 Å². The van der Waals surface area contributed by atoms with E-state index in [1.807, 2.05) is 0 Å². The number of nitrogens with zero attached hydrogens (tertiary/aromatic N) is 1. The van der Waals surface area contributed by atoms with E-state index in [9.17, 15) is 0 Å². The van der Waals surface area contributed by atoms with Crippen LogP contribution < -0.4 is 22.3 Å². The Labute approximate surface area is 135 Å². The van der Waals surface area contributed by atoms with Gasteiger partial charge in [-0.1, -0.05) is 26.7 Å². The van der Waals surface area contributed by atoms with Gasteiger partial charge in [0.15, 0.2) is 18.4 Å². The van der Waals surface area contributed by atoms with Crippen molar-refractivity contribution in [2.45, 2.75) is 58.1 Å². The molecular formula is C17H29ClN2O. The van der Waals surface area contributed by atoms with Gasteiger partial charge < -0.3 is 22.5 Å². The van der Waals surface area contributed by atoms with Crippen LogP contribution in [0.25, 0.3) is 0 Å². The van der Waals surface area contributed by atoms with Gasteiger partial charge >= 0.3 is 0 Å². The Bertz CT molecular complexity index is 377. The Balaban J connectivity index is 0.00000220. The van der Waals surface area contributed by atoms with Crippen LogP contribution in [-0.2, 0) is 4.74 Å². The van der Waals surface area contributed by atoms with E-state index in [0.29, 0.717) is 6.04 Å². The summed E-state index contributed by atoms with van der Waals surface area (Å²) in [7, 11) is 0. The molecule has 2 rings (SSSR count). The Hall–Kier alpha value is -0.640. The molecule has 3 nitrogen and oxygen atoms in total. The van der Waals surface area contributed by atoms with Crippen molar-refractivity contribution in [2.75, 3.05) is 19.7 Å². The van der Waals surface area contributed by atoms with Gasteiger partial charge in [0, 0.05) is 38.1 Å². The molecule has 1 aromatic rings. The molecule has 0 aromatic carbocycles. The van der Waals surface area contributed by atoms with Gasteiger partial charge in [-0.25, -0.2) is 4.57 Å². The van der Waals surface area contributed by atoms with Crippen LogP contribution >= 0.6 is 0 Å². The molecule has 0 spiro atoms. The van der Waals surface area contributed by atoms with Crippen LogP contribution in [0.2, 0.25) is 0 Å². The quantitative estimate of drug-likeness (QED) is 0.574. The van der Waals surface area contributed by atoms with Gasteiger partial charge in [-0.15, -0.1) is 0 Å². The van der Waals surface area contributed by atoms with Crippen molar-refractivity contribution < 1.29 is 21.7 Å². The van der Waals surface area contributed by atoms with E-state index >= 15 is 0 Å². The molecule has 4 heteroatoms. The highest BCUT2D eigenvalue weighted by atomic mass is 35.5. The Morgan fingerprint density at radius 1 is 1.29 bits per heavy atom. The smallest absolute Gasteiger partial charge is 0.169 e. The number of hydrogen-bond acceptors (Lipinski definition) is 2. The summed E-state index contributed by atoms with van der Waals surface area (Å²) < 4.78 is 8.17. The molecule has 1 aromatic heterocycles. The van der Waals surface area contributed by atoms with E-state index in [-0.39, 0.29) is 18.5 Å². The maximum atomic E-state index is 5.80. The number of halogens is 1. The van der Waals surface area contributed by atoms with E-state index in [2.05, 4.69) is 48.3 Å². The number of rotatable bonds is 7. The predicted molar refractivity (Wildman–Crippen MR) is 81.7 cm³/mol. The lowest BCUT2D eigenvalue weighted by Gasteiger charge is -2.23. The summed E-state index contributed by atoms with van der Waals surface area (Å²) in [6.45, 7) is 7.26. The second-order valence-electron chi connectivity index (χ2n) is 5.70. The SMILES string of the molecule is CCCCCC(CC)[n+]1ccc(C2CNCCO2)cc1.[Cl-]. The summed E-state index contributed by atoms with van der Waals surface area (Å²) in [5, 5.41) is 3.38. The van der Waals surface area contributed by atoms with Crippen LogP contribution in [-0.4, -0.2) is 19.7 Å². The second-order valence-corrected chi connectivity index (χ2v) is 5.70. The molecule has 0 amide bonds. The fraction of sp³-hybridized carbons (Fsp3) is 0.706. The number of aromatic nitrogens is 1. The van der Waals surface area contributed by atoms with Crippen molar-refractivity contribution in [3.63, 3.8) is 0 Å². The monoisotopic (exact) mass is 312 g/mol. The third kappa shape index (κ3) is 5.57. The fourth-order valence-electron chi connectivity index (χ4n) is 2.88. The van der Waals surface area contributed by atoms with E-state index in [0.717, 1.165) is 19.7 Å². The molecule has 2 atom stereocenters. The van der Waals surface area contributed by atoms with Crippen molar-refractivity contribution in [2.24, 2.45) is 0 Å². The van der Waals surface area contributed by atoms with Gasteiger partial charge in [0.2, 0.25) is 0 Å². The topological polar surface area (TPSA) is 25.1 Å². The highest BCUT2D eigenvalue weighted by Crippen LogP contribution is 2.18. The molecule has 0 radical (unpaired) electrons. The maximum absolute atomic E-state index is 5.80. The molecular weight excluding hydrogens is 284 g/mol. The molecule has 0 bridgehead atoms. The molecule has 0 saturated carbocycles. The first-order valence-corrected chi connectivity index (χ1v) is 8.18. The number of hydrogen-bond donors (Lipinski definition) is 1. The minimum absolute atomic E-state index is 0. The normalized spacial score (nSPS) is 19.8. The standard InChI is InChI=1S/C17H29N2O.ClH/c1-3-5-6-7-16(4-2)19-11-8-15(9-12-19)17-14-18-10-13-20-17;/h8-9,11-12,16-18H,3-7,10,13-14H2,1-2H3;1H/q+1;/p-1. The van der Waals surface area contributed by atoms with E-state index in [1.54, 1.807) is 0 Å². The summed E-state index contributed by atoms with van der Waals surface area (Å²) in [5.74, 6) is 0. The van der Waals surface area contributed by atoms with Gasteiger partial charge in [-0.05, 0) is 12.0 Å². The van der Waals surface area contributed by atoms with Gasteiger partial charge in [-0.3, -0.25) is 0 Å². The number of unbranched alkanes of at least 4 members (excludes halogenated alkanes) is 2. The van der Waals surface area contributed by atoms with Crippen molar-refractivity contribution in [3.05, 3.63) is 30.1 Å². The zero-order valence-electron chi connectivity index (χ0n) is 13.4. The van der Waals surface area contributed by atoms with Gasteiger partial charge in [-0.2, -0.15) is 0 Å². The molecule has 21 heavy (non-hydrogen) atoms. The van der Waals surface area contributed by atoms with Gasteiger partial charge in [0.05, 0.1) is 12.7 Å². The van der Waals surface area contributed by atoms with E-state index < -0.39 is 0 Å². The van der Waals surface area contributed by atoms with E-state index in [4.69, 9.17) is 4.74 Å². The fourth-order valence-corrected chi connectivity index (χ4v) is 2.88. The largest absolute Gasteiger partial charge is 1.00 e. The Kier molecular flexibility index (Phi) is 8.90. The Morgan fingerprint density at radius 2 is 2.05 bits per heavy atom. The molecule has 0 aliphatic carbocycles. The summed E-state index contributed by atoms with van der Waals surface area (Å²) in [6.07, 6.45) is 11.1. The van der Waals surface area contributed by atoms with Crippen LogP contribution in [0, 0.1) is 0 Å². The highest BCUT2D eigenvalue weighted by Gasteiger charge is 2.19. The number of pyridine rings is 1. The third-order valence-corrected chi connectivity index (χ3v) is 4.21. The average Bonchev–Trinajstić information content (AvgIpc) is 2.53. The van der Waals surface area contributed by atoms with Crippen LogP contribution in [0.5, 0.6) is 0 Å². The Morgan fingerprint density at radius 3 is 2.62 bits per heavy atom. The highest BCUT2D eigenvalue weighted by molar-refractivity contribution is 5.12. The minimum Gasteiger partial charge on any atom is -1.00 e. The zero-order chi connectivity index (χ0) is 14.2. The lowest BCUT2D eigenvalue weighted by molar-refractivity contribution is -0.724. The third-order valence-electron chi connectivity index (χ3n) is 4.21. The first-order valence-electron chi connectivity index (χ1n) is 8.18. The second kappa shape index (κ2) is 10.1. The van der Waals surface area contributed by atoms with Crippen LogP contribution in [0.3, 0.4) is 0 Å². The molecule has 1 fully saturated rings. The minimum atomic E-state index is 0. The van der Waals surface area contributed by atoms with Crippen LogP contribution in [0.4, 0.5) is 0 Å². The van der Waals surface area contributed by atoms with Crippen LogP contribution in [0.1, 0.15) is 63.7 Å². The van der Waals surface area contributed by atoms with Gasteiger partial charge in [0.25, 0.3) is 0 Å². The van der Waals surface area contributed by atoms with Crippen molar-refractivity contribution in [3.8, 4) is 0 Å². The molecule has 1 aliphatic rings. The molecule has 2 unspecified atom stereocenters. The lowest BCUT2D eigenvalue weighted by Crippen LogP contribution is -3.00. The molecule has 120 valence electrons. The zero-order valence-corrected chi connectivity index (χ0v) is 14.1. The maximum Gasteiger partial charge on any atom is 0.169 e. The molecule has 2 heterocycles. The molecule has 1 N–H and O–H groups in total. The molecule has 1 aliphatic heterocycles. The predicted octanol–water partition coefficient (Wildman–Crippen LogP) is 0.170. The van der Waals surface area contributed by atoms with Crippen LogP contribution in [0.15, 0.2) is 24.5 Å². The average molecular weight is 313 g/mol. The number of morpholine rings is 1. The number of ether oxygens (including phenoxy) is 1. The number of nitrogens with one attached hydrogen (secondary N) is 1. The summed E-state index contributed by atoms with van der Waals surface area (Å²) in [6, 6.07) is 5.08. The first kappa shape index (κ1) is 18.4. The first-order chi connectivity index (χ1) is 9.85. The summed E-state index contributed by atoms with van der Waals surface area (Å²) >= 11 is 0. The lowest BCUT2D eigenvalue weighted by atomic mass is 10.1. The van der Waals surface area contributed by atoms with Gasteiger partial charge in [0.1, 0.15) is 0 Å². The summed E-state index contributed by atoms with van der Waals surface area (Å²) in [4.78, 5) is 0. The molecule has 1 saturated heterocycles. The van der Waals surface area contributed by atoms with Crippen molar-refractivity contribution in [1.82, 2.24) is 5.32 Å². The summed E-state index contributed by atoms with van der Waals surface area (Å²) in [5.41, 5.74) is 1.29.